The number of halogens is 2. The maximum atomic E-state index is 13.6. The van der Waals surface area contributed by atoms with E-state index in [2.05, 4.69) is 20.8 Å². The van der Waals surface area contributed by atoms with Crippen molar-refractivity contribution in [3.8, 4) is 0 Å². The molecule has 1 aromatic heterocycles. The van der Waals surface area contributed by atoms with Gasteiger partial charge in [0.15, 0.2) is 5.82 Å². The molecule has 0 aliphatic carbocycles. The highest BCUT2D eigenvalue weighted by Gasteiger charge is 2.15. The molecule has 5 nitrogen and oxygen atoms in total. The van der Waals surface area contributed by atoms with Gasteiger partial charge in [-0.3, -0.25) is 4.79 Å². The molecular weight excluding hydrogens is 291 g/mol. The second-order valence-electron chi connectivity index (χ2n) is 3.50. The second-order valence-corrected chi connectivity index (χ2v) is 4.88. The smallest absolute Gasteiger partial charge is 0.286 e. The van der Waals surface area contributed by atoms with Crippen LogP contribution < -0.4 is 10.6 Å². The average Bonchev–Trinajstić information content (AvgIpc) is 2.84. The molecule has 2 N–H and O–H groups in total. The number of carbonyl (C=O) groups is 1. The molecule has 100 valence electrons. The van der Waals surface area contributed by atoms with Crippen LogP contribution in [-0.2, 0) is 0 Å². The number of anilines is 2. The van der Waals surface area contributed by atoms with E-state index in [0.717, 1.165) is 11.3 Å². The summed E-state index contributed by atoms with van der Waals surface area (Å²) in [7, 11) is 0. The van der Waals surface area contributed by atoms with E-state index >= 15 is 0 Å². The Hall–Kier alpha value is -1.73. The molecule has 2 aromatic rings. The fourth-order valence-corrected chi connectivity index (χ4v) is 2.19. The highest BCUT2D eigenvalue weighted by Crippen LogP contribution is 2.23. The highest BCUT2D eigenvalue weighted by atomic mass is 35.5. The molecule has 19 heavy (non-hydrogen) atoms. The van der Waals surface area contributed by atoms with Crippen molar-refractivity contribution >= 4 is 39.7 Å². The third-order valence-corrected chi connectivity index (χ3v) is 3.32. The molecule has 0 saturated carbocycles. The van der Waals surface area contributed by atoms with Crippen LogP contribution in [0, 0.1) is 5.82 Å². The Kier molecular flexibility index (Phi) is 4.28. The third kappa shape index (κ3) is 3.18. The van der Waals surface area contributed by atoms with Crippen molar-refractivity contribution in [1.29, 1.82) is 0 Å². The van der Waals surface area contributed by atoms with E-state index in [0.29, 0.717) is 11.7 Å². The Bertz CT molecular complexity index is 604. The van der Waals surface area contributed by atoms with Gasteiger partial charge in [-0.15, -0.1) is 10.2 Å². The maximum Gasteiger partial charge on any atom is 0.286 e. The summed E-state index contributed by atoms with van der Waals surface area (Å²) in [5, 5.41) is 13.5. The number of nitrogens with one attached hydrogen (secondary N) is 2. The van der Waals surface area contributed by atoms with Gasteiger partial charge >= 0.3 is 0 Å². The van der Waals surface area contributed by atoms with Crippen LogP contribution in [0.4, 0.5) is 15.2 Å². The number of carbonyl (C=O) groups excluding carboxylic acids is 1. The summed E-state index contributed by atoms with van der Waals surface area (Å²) in [5.74, 6) is -1.20. The minimum absolute atomic E-state index is 0.0118. The molecule has 1 heterocycles. The molecule has 0 aliphatic heterocycles. The molecule has 0 atom stereocenters. The van der Waals surface area contributed by atoms with Crippen molar-refractivity contribution in [3.63, 3.8) is 0 Å². The first-order valence-corrected chi connectivity index (χ1v) is 6.64. The van der Waals surface area contributed by atoms with Crippen LogP contribution in [0.3, 0.4) is 0 Å². The summed E-state index contributed by atoms with van der Waals surface area (Å²) < 4.78 is 13.6. The van der Waals surface area contributed by atoms with Crippen molar-refractivity contribution in [2.45, 2.75) is 6.92 Å². The van der Waals surface area contributed by atoms with E-state index in [9.17, 15) is 9.18 Å². The lowest BCUT2D eigenvalue weighted by Gasteiger charge is -2.04. The zero-order valence-corrected chi connectivity index (χ0v) is 11.5. The van der Waals surface area contributed by atoms with E-state index in [1.165, 1.54) is 12.1 Å². The van der Waals surface area contributed by atoms with Gasteiger partial charge in [0.1, 0.15) is 0 Å². The monoisotopic (exact) mass is 300 g/mol. The van der Waals surface area contributed by atoms with Gasteiger partial charge in [0.25, 0.3) is 5.91 Å². The van der Waals surface area contributed by atoms with Crippen LogP contribution in [0.1, 0.15) is 16.7 Å². The normalized spacial score (nSPS) is 10.3. The van der Waals surface area contributed by atoms with Crippen molar-refractivity contribution in [3.05, 3.63) is 34.0 Å². The van der Waals surface area contributed by atoms with E-state index in [-0.39, 0.29) is 15.7 Å². The Morgan fingerprint density at radius 1 is 1.47 bits per heavy atom. The molecule has 0 fully saturated rings. The molecule has 1 aromatic carbocycles. The van der Waals surface area contributed by atoms with Crippen molar-refractivity contribution in [1.82, 2.24) is 10.2 Å². The zero-order valence-electron chi connectivity index (χ0n) is 9.91. The van der Waals surface area contributed by atoms with Crippen molar-refractivity contribution < 1.29 is 9.18 Å². The molecule has 8 heteroatoms. The van der Waals surface area contributed by atoms with Crippen molar-refractivity contribution in [2.75, 3.05) is 17.2 Å². The maximum absolute atomic E-state index is 13.6. The van der Waals surface area contributed by atoms with Gasteiger partial charge in [0.05, 0.1) is 10.7 Å². The minimum Gasteiger partial charge on any atom is -0.360 e. The topological polar surface area (TPSA) is 66.9 Å². The van der Waals surface area contributed by atoms with Crippen LogP contribution in [0.5, 0.6) is 0 Å². The lowest BCUT2D eigenvalue weighted by atomic mass is 10.3. The first-order chi connectivity index (χ1) is 9.11. The third-order valence-electron chi connectivity index (χ3n) is 2.15. The van der Waals surface area contributed by atoms with Crippen LogP contribution >= 0.6 is 22.9 Å². The van der Waals surface area contributed by atoms with E-state index < -0.39 is 11.7 Å². The summed E-state index contributed by atoms with van der Waals surface area (Å²) >= 11 is 6.72. The second kappa shape index (κ2) is 5.94. The Balaban J connectivity index is 2.14. The van der Waals surface area contributed by atoms with Crippen molar-refractivity contribution in [2.24, 2.45) is 0 Å². The average molecular weight is 301 g/mol. The molecule has 2 rings (SSSR count). The predicted molar refractivity (Wildman–Crippen MR) is 73.4 cm³/mol. The summed E-state index contributed by atoms with van der Waals surface area (Å²) in [6.45, 7) is 2.58. The van der Waals surface area contributed by atoms with Gasteiger partial charge in [0.2, 0.25) is 10.1 Å². The summed E-state index contributed by atoms with van der Waals surface area (Å²) in [6.07, 6.45) is 0. The van der Waals surface area contributed by atoms with Gasteiger partial charge in [-0.2, -0.15) is 0 Å². The predicted octanol–water partition coefficient (Wildman–Crippen LogP) is 3.01. The molecule has 1 amide bonds. The van der Waals surface area contributed by atoms with Crippen LogP contribution in [-0.4, -0.2) is 22.6 Å². The number of rotatable bonds is 4. The molecule has 0 spiro atoms. The fourth-order valence-electron chi connectivity index (χ4n) is 1.31. The van der Waals surface area contributed by atoms with Gasteiger partial charge < -0.3 is 10.6 Å². The molecule has 0 aliphatic rings. The number of aromatic nitrogens is 2. The Labute approximate surface area is 117 Å². The van der Waals surface area contributed by atoms with Gasteiger partial charge in [-0.25, -0.2) is 4.39 Å². The quantitative estimate of drug-likeness (QED) is 0.911. The fraction of sp³-hybridized carbons (Fsp3) is 0.182. The summed E-state index contributed by atoms with van der Waals surface area (Å²) in [6, 6.07) is 4.37. The van der Waals surface area contributed by atoms with Gasteiger partial charge in [-0.1, -0.05) is 29.0 Å². The van der Waals surface area contributed by atoms with Crippen LogP contribution in [0.2, 0.25) is 5.02 Å². The van der Waals surface area contributed by atoms with Crippen LogP contribution in [0.15, 0.2) is 18.2 Å². The van der Waals surface area contributed by atoms with E-state index in [1.54, 1.807) is 6.07 Å². The summed E-state index contributed by atoms with van der Waals surface area (Å²) in [5.41, 5.74) is 0.0118. The Morgan fingerprint density at radius 2 is 2.26 bits per heavy atom. The highest BCUT2D eigenvalue weighted by molar-refractivity contribution is 7.17. The lowest BCUT2D eigenvalue weighted by Crippen LogP contribution is -2.12. The van der Waals surface area contributed by atoms with Crippen LogP contribution in [0.25, 0.3) is 0 Å². The van der Waals surface area contributed by atoms with Gasteiger partial charge in [-0.05, 0) is 19.1 Å². The van der Waals surface area contributed by atoms with E-state index in [4.69, 9.17) is 11.6 Å². The summed E-state index contributed by atoms with van der Waals surface area (Å²) in [4.78, 5) is 11.9. The SMILES string of the molecule is CCNc1nnc(C(=O)Nc2cccc(Cl)c2F)s1. The zero-order chi connectivity index (χ0) is 13.8. The molecule has 0 bridgehead atoms. The first-order valence-electron chi connectivity index (χ1n) is 5.44. The molecule has 0 unspecified atom stereocenters. The minimum atomic E-state index is -0.672. The van der Waals surface area contributed by atoms with E-state index in [1.807, 2.05) is 6.92 Å². The molecule has 0 saturated heterocycles. The number of nitrogens with zero attached hydrogens (tertiary/aromatic N) is 2. The number of hydrogen-bond acceptors (Lipinski definition) is 5. The first kappa shape index (κ1) is 13.7. The number of hydrogen-bond donors (Lipinski definition) is 2. The molecule has 0 radical (unpaired) electrons. The van der Waals surface area contributed by atoms with Gasteiger partial charge in [0, 0.05) is 6.54 Å². The lowest BCUT2D eigenvalue weighted by molar-refractivity contribution is 0.102. The largest absolute Gasteiger partial charge is 0.360 e. The Morgan fingerprint density at radius 3 is 3.00 bits per heavy atom. The number of amides is 1. The molecular formula is C11H10ClFN4OS. The number of benzene rings is 1. The standard InChI is InChI=1S/C11H10ClFN4OS/c1-2-14-11-17-16-10(19-11)9(18)15-7-5-3-4-6(12)8(7)13/h3-5H,2H2,1H3,(H,14,17)(H,15,18).